The molecule has 1 heterocycles. The summed E-state index contributed by atoms with van der Waals surface area (Å²) < 4.78 is 5.51. The lowest BCUT2D eigenvalue weighted by Crippen LogP contribution is -2.45. The van der Waals surface area contributed by atoms with Crippen LogP contribution in [0.5, 0.6) is 0 Å². The van der Waals surface area contributed by atoms with Crippen LogP contribution in [0.25, 0.3) is 0 Å². The Bertz CT molecular complexity index is 342. The summed E-state index contributed by atoms with van der Waals surface area (Å²) >= 11 is 0. The smallest absolute Gasteiger partial charge is 0.248 e. The van der Waals surface area contributed by atoms with E-state index < -0.39 is 0 Å². The molecule has 5 heteroatoms. The fourth-order valence-electron chi connectivity index (χ4n) is 2.29. The minimum absolute atomic E-state index is 0.0229. The van der Waals surface area contributed by atoms with Crippen LogP contribution in [0.2, 0.25) is 0 Å². The van der Waals surface area contributed by atoms with E-state index in [9.17, 15) is 9.59 Å². The number of likely N-dealkylation sites (tertiary alicyclic amines) is 1. The highest BCUT2D eigenvalue weighted by atomic mass is 16.5. The quantitative estimate of drug-likeness (QED) is 0.763. The summed E-state index contributed by atoms with van der Waals surface area (Å²) in [6, 6.07) is 0. The van der Waals surface area contributed by atoms with E-state index in [2.05, 4.69) is 12.2 Å². The highest BCUT2D eigenvalue weighted by molar-refractivity contribution is 5.80. The molecule has 0 atom stereocenters. The van der Waals surface area contributed by atoms with Gasteiger partial charge in [0, 0.05) is 25.6 Å². The van der Waals surface area contributed by atoms with Crippen molar-refractivity contribution in [3.05, 3.63) is 0 Å². The summed E-state index contributed by atoms with van der Waals surface area (Å²) in [7, 11) is 0. The van der Waals surface area contributed by atoms with E-state index >= 15 is 0 Å². The molecule has 1 N–H and O–H groups in total. The minimum atomic E-state index is -0.298. The first-order chi connectivity index (χ1) is 9.83. The van der Waals surface area contributed by atoms with Crippen LogP contribution in [0.3, 0.4) is 0 Å². The van der Waals surface area contributed by atoms with E-state index in [-0.39, 0.29) is 29.9 Å². The second-order valence-electron chi connectivity index (χ2n) is 6.70. The van der Waals surface area contributed by atoms with Crippen molar-refractivity contribution in [1.29, 1.82) is 0 Å². The third-order valence-corrected chi connectivity index (χ3v) is 3.68. The van der Waals surface area contributed by atoms with Crippen molar-refractivity contribution >= 4 is 11.8 Å². The van der Waals surface area contributed by atoms with Crippen molar-refractivity contribution in [3.63, 3.8) is 0 Å². The van der Waals surface area contributed by atoms with Crippen molar-refractivity contribution in [2.45, 2.75) is 59.0 Å². The molecule has 0 unspecified atom stereocenters. The fraction of sp³-hybridized carbons (Fsp3) is 0.875. The van der Waals surface area contributed by atoms with Crippen molar-refractivity contribution in [2.75, 3.05) is 26.2 Å². The van der Waals surface area contributed by atoms with Gasteiger partial charge in [-0.2, -0.15) is 0 Å². The molecule has 0 aromatic rings. The lowest BCUT2D eigenvalue weighted by atomic mass is 9.96. The molecule has 0 aromatic carbocycles. The van der Waals surface area contributed by atoms with E-state index in [1.54, 1.807) is 0 Å². The van der Waals surface area contributed by atoms with Gasteiger partial charge in [-0.15, -0.1) is 0 Å². The van der Waals surface area contributed by atoms with Crippen LogP contribution < -0.4 is 5.32 Å². The van der Waals surface area contributed by atoms with Gasteiger partial charge in [-0.1, -0.05) is 13.3 Å². The number of rotatable bonds is 6. The van der Waals surface area contributed by atoms with Gasteiger partial charge in [0.2, 0.25) is 11.8 Å². The Labute approximate surface area is 128 Å². The molecule has 5 nitrogen and oxygen atoms in total. The number of hydrogen-bond donors (Lipinski definition) is 1. The molecule has 0 bridgehead atoms. The molecule has 0 aromatic heterocycles. The first kappa shape index (κ1) is 18.0. The Morgan fingerprint density at radius 1 is 1.24 bits per heavy atom. The van der Waals surface area contributed by atoms with Gasteiger partial charge < -0.3 is 15.0 Å². The number of unbranched alkanes of at least 4 members (excludes halogenated alkanes) is 1. The molecule has 1 fully saturated rings. The molecule has 21 heavy (non-hydrogen) atoms. The molecular weight excluding hydrogens is 268 g/mol. The van der Waals surface area contributed by atoms with E-state index in [0.29, 0.717) is 13.1 Å². The maximum atomic E-state index is 12.0. The van der Waals surface area contributed by atoms with Gasteiger partial charge in [-0.25, -0.2) is 0 Å². The maximum Gasteiger partial charge on any atom is 0.248 e. The normalized spacial score (nSPS) is 16.9. The van der Waals surface area contributed by atoms with Crippen molar-refractivity contribution in [2.24, 2.45) is 5.92 Å². The molecule has 1 rings (SSSR count). The van der Waals surface area contributed by atoms with Gasteiger partial charge in [0.15, 0.2) is 0 Å². The summed E-state index contributed by atoms with van der Waals surface area (Å²) in [6.45, 7) is 10.1. The van der Waals surface area contributed by atoms with Crippen molar-refractivity contribution in [1.82, 2.24) is 10.2 Å². The summed E-state index contributed by atoms with van der Waals surface area (Å²) in [4.78, 5) is 25.8. The molecule has 122 valence electrons. The zero-order chi connectivity index (χ0) is 15.9. The predicted octanol–water partition coefficient (Wildman–Crippen LogP) is 1.96. The van der Waals surface area contributed by atoms with Crippen LogP contribution in [0.4, 0.5) is 0 Å². The SMILES string of the molecule is CCCCNC(=O)C1CCN(C(=O)COC(C)(C)C)CC1. The third kappa shape index (κ3) is 6.93. The standard InChI is InChI=1S/C16H30N2O3/c1-5-6-9-17-15(20)13-7-10-18(11-8-13)14(19)12-21-16(2,3)4/h13H,5-12H2,1-4H3,(H,17,20). The average molecular weight is 298 g/mol. The fourth-order valence-corrected chi connectivity index (χ4v) is 2.29. The summed E-state index contributed by atoms with van der Waals surface area (Å²) in [5, 5.41) is 2.98. The number of amides is 2. The Kier molecular flexibility index (Phi) is 7.15. The molecule has 0 saturated carbocycles. The van der Waals surface area contributed by atoms with Gasteiger partial charge in [0.05, 0.1) is 5.60 Å². The lowest BCUT2D eigenvalue weighted by Gasteiger charge is -2.32. The molecule has 1 saturated heterocycles. The number of ether oxygens (including phenoxy) is 1. The molecule has 1 aliphatic rings. The molecule has 0 radical (unpaired) electrons. The second-order valence-corrected chi connectivity index (χ2v) is 6.70. The van der Waals surface area contributed by atoms with Gasteiger partial charge >= 0.3 is 0 Å². The summed E-state index contributed by atoms with van der Waals surface area (Å²) in [5.41, 5.74) is -0.298. The molecule has 2 amide bonds. The predicted molar refractivity (Wildman–Crippen MR) is 82.9 cm³/mol. The Morgan fingerprint density at radius 3 is 2.38 bits per heavy atom. The summed E-state index contributed by atoms with van der Waals surface area (Å²) in [5.74, 6) is 0.214. The average Bonchev–Trinajstić information content (AvgIpc) is 2.44. The number of carbonyl (C=O) groups excluding carboxylic acids is 2. The minimum Gasteiger partial charge on any atom is -0.366 e. The van der Waals surface area contributed by atoms with E-state index in [1.807, 2.05) is 25.7 Å². The van der Waals surface area contributed by atoms with Gasteiger partial charge in [-0.3, -0.25) is 9.59 Å². The highest BCUT2D eigenvalue weighted by Gasteiger charge is 2.27. The van der Waals surface area contributed by atoms with Crippen molar-refractivity contribution < 1.29 is 14.3 Å². The van der Waals surface area contributed by atoms with E-state index in [1.165, 1.54) is 0 Å². The zero-order valence-electron chi connectivity index (χ0n) is 13.9. The second kappa shape index (κ2) is 8.37. The van der Waals surface area contributed by atoms with Crippen LogP contribution >= 0.6 is 0 Å². The highest BCUT2D eigenvalue weighted by Crippen LogP contribution is 2.18. The number of piperidine rings is 1. The van der Waals surface area contributed by atoms with Crippen LogP contribution in [0.15, 0.2) is 0 Å². The van der Waals surface area contributed by atoms with Crippen LogP contribution in [-0.4, -0.2) is 48.6 Å². The van der Waals surface area contributed by atoms with Gasteiger partial charge in [0.25, 0.3) is 0 Å². The zero-order valence-corrected chi connectivity index (χ0v) is 13.9. The first-order valence-corrected chi connectivity index (χ1v) is 8.03. The lowest BCUT2D eigenvalue weighted by molar-refractivity contribution is -0.143. The first-order valence-electron chi connectivity index (χ1n) is 8.03. The van der Waals surface area contributed by atoms with Gasteiger partial charge in [0.1, 0.15) is 6.61 Å². The Morgan fingerprint density at radius 2 is 1.86 bits per heavy atom. The van der Waals surface area contributed by atoms with Crippen LogP contribution in [0.1, 0.15) is 53.4 Å². The molecule has 1 aliphatic heterocycles. The molecular formula is C16H30N2O3. The largest absolute Gasteiger partial charge is 0.366 e. The number of nitrogens with one attached hydrogen (secondary N) is 1. The Hall–Kier alpha value is -1.10. The van der Waals surface area contributed by atoms with E-state index in [0.717, 1.165) is 32.2 Å². The maximum absolute atomic E-state index is 12.0. The molecule has 0 spiro atoms. The van der Waals surface area contributed by atoms with Crippen LogP contribution in [0, 0.1) is 5.92 Å². The number of hydrogen-bond acceptors (Lipinski definition) is 3. The van der Waals surface area contributed by atoms with E-state index in [4.69, 9.17) is 4.74 Å². The third-order valence-electron chi connectivity index (χ3n) is 3.68. The van der Waals surface area contributed by atoms with Crippen molar-refractivity contribution in [3.8, 4) is 0 Å². The summed E-state index contributed by atoms with van der Waals surface area (Å²) in [6.07, 6.45) is 3.60. The Balaban J connectivity index is 2.28. The molecule has 0 aliphatic carbocycles. The van der Waals surface area contributed by atoms with Gasteiger partial charge in [-0.05, 0) is 40.0 Å². The van der Waals surface area contributed by atoms with Crippen LogP contribution in [-0.2, 0) is 14.3 Å². The monoisotopic (exact) mass is 298 g/mol. The number of nitrogens with zero attached hydrogens (tertiary/aromatic N) is 1. The topological polar surface area (TPSA) is 58.6 Å². The number of carbonyl (C=O) groups is 2.